The van der Waals surface area contributed by atoms with Crippen LogP contribution in [-0.2, 0) is 30.1 Å². The summed E-state index contributed by atoms with van der Waals surface area (Å²) in [6.07, 6.45) is -9.93. The zero-order chi connectivity index (χ0) is 32.0. The second-order valence-corrected chi connectivity index (χ2v) is 10.4. The number of aliphatic hydroxyl groups excluding tert-OH is 4. The highest BCUT2D eigenvalue weighted by Gasteiger charge is 2.51. The first kappa shape index (κ1) is 33.6. The lowest BCUT2D eigenvalue weighted by Gasteiger charge is -2.40. The lowest BCUT2D eigenvalue weighted by atomic mass is 9.99. The van der Waals surface area contributed by atoms with Gasteiger partial charge < -0.3 is 68.5 Å². The van der Waals surface area contributed by atoms with Crippen molar-refractivity contribution in [3.05, 3.63) is 47.5 Å². The zero-order valence-electron chi connectivity index (χ0n) is 24.4. The van der Waals surface area contributed by atoms with Crippen LogP contribution in [0.2, 0.25) is 0 Å². The van der Waals surface area contributed by atoms with E-state index in [2.05, 4.69) is 0 Å². The molecule has 6 N–H and O–H groups in total. The fourth-order valence-electron chi connectivity index (χ4n) is 4.73. The molecule has 4 rings (SSSR count). The van der Waals surface area contributed by atoms with E-state index in [1.54, 1.807) is 12.1 Å². The van der Waals surface area contributed by atoms with Gasteiger partial charge in [0.15, 0.2) is 29.7 Å². The molecule has 0 saturated carbocycles. The number of benzene rings is 2. The summed E-state index contributed by atoms with van der Waals surface area (Å²) in [7, 11) is 4.18. The van der Waals surface area contributed by atoms with Crippen molar-refractivity contribution in [1.82, 2.24) is 0 Å². The van der Waals surface area contributed by atoms with E-state index in [4.69, 9.17) is 37.9 Å². The van der Waals surface area contributed by atoms with Gasteiger partial charge >= 0.3 is 5.97 Å². The molecule has 0 spiro atoms. The Morgan fingerprint density at radius 1 is 0.909 bits per heavy atom. The van der Waals surface area contributed by atoms with Crippen molar-refractivity contribution in [2.45, 2.75) is 55.1 Å². The normalized spacial score (nSPS) is 30.1. The molecule has 2 aliphatic rings. The largest absolute Gasteiger partial charge is 0.508 e. The van der Waals surface area contributed by atoms with Gasteiger partial charge in [-0.1, -0.05) is 12.1 Å². The molecule has 244 valence electrons. The molecule has 0 aliphatic carbocycles. The van der Waals surface area contributed by atoms with Gasteiger partial charge in [-0.05, 0) is 36.2 Å². The Kier molecular flexibility index (Phi) is 11.2. The fraction of sp³-hybridized carbons (Fsp3) is 0.552. The van der Waals surface area contributed by atoms with Crippen LogP contribution in [-0.4, -0.2) is 133 Å². The van der Waals surface area contributed by atoms with Crippen molar-refractivity contribution in [3.8, 4) is 23.0 Å². The minimum absolute atomic E-state index is 0.0355. The van der Waals surface area contributed by atoms with E-state index >= 15 is 0 Å². The SMILES string of the molecule is COc1cc(C(=O)OC[C@@]2(O)CO[C@@H](OC[C@@H]3O[C@H](OCCc4ccc(O)cc4)[C@H](O)[C@H](O)[C@H]3O)[C@@H]2O)cc(OC)c1OC. The van der Waals surface area contributed by atoms with Crippen LogP contribution >= 0.6 is 0 Å². The van der Waals surface area contributed by atoms with E-state index in [0.717, 1.165) is 5.56 Å². The molecular formula is C29H38O15. The number of carbonyl (C=O) groups is 1. The number of rotatable bonds is 13. The third-order valence-electron chi connectivity index (χ3n) is 7.36. The summed E-state index contributed by atoms with van der Waals surface area (Å²) in [4.78, 5) is 12.7. The van der Waals surface area contributed by atoms with E-state index in [1.165, 1.54) is 45.6 Å². The van der Waals surface area contributed by atoms with Crippen LogP contribution in [0.25, 0.3) is 0 Å². The van der Waals surface area contributed by atoms with Crippen molar-refractivity contribution >= 4 is 5.97 Å². The molecule has 0 amide bonds. The molecule has 15 heteroatoms. The second-order valence-electron chi connectivity index (χ2n) is 10.4. The van der Waals surface area contributed by atoms with E-state index in [0.29, 0.717) is 6.42 Å². The minimum Gasteiger partial charge on any atom is -0.508 e. The second kappa shape index (κ2) is 14.7. The van der Waals surface area contributed by atoms with Gasteiger partial charge in [-0.15, -0.1) is 0 Å². The number of hydrogen-bond acceptors (Lipinski definition) is 15. The molecule has 15 nitrogen and oxygen atoms in total. The maximum atomic E-state index is 12.7. The Morgan fingerprint density at radius 3 is 2.18 bits per heavy atom. The molecule has 2 heterocycles. The summed E-state index contributed by atoms with van der Waals surface area (Å²) in [5.74, 6) is -0.0372. The molecule has 0 unspecified atom stereocenters. The standard InChI is InChI=1S/C29H38O15/c1-37-18-10-16(11-19(38-2)24(18)39-3)26(35)42-13-29(36)14-43-28(25(29)34)41-12-20-21(31)22(32)23(33)27(44-20)40-9-8-15-4-6-17(30)7-5-15/h4-7,10-11,20-23,25,27-28,30-34,36H,8-9,12-14H2,1-3H3/t20-,21-,22+,23+,25-,27-,28+,29+/m0/s1. The third-order valence-corrected chi connectivity index (χ3v) is 7.36. The highest BCUT2D eigenvalue weighted by atomic mass is 16.7. The van der Waals surface area contributed by atoms with Gasteiger partial charge in [0.05, 0.1) is 46.7 Å². The van der Waals surface area contributed by atoms with Crippen molar-refractivity contribution in [3.63, 3.8) is 0 Å². The zero-order valence-corrected chi connectivity index (χ0v) is 24.4. The Morgan fingerprint density at radius 2 is 1.57 bits per heavy atom. The number of esters is 1. The molecule has 44 heavy (non-hydrogen) atoms. The summed E-state index contributed by atoms with van der Waals surface area (Å²) < 4.78 is 43.1. The molecule has 2 fully saturated rings. The van der Waals surface area contributed by atoms with E-state index in [9.17, 15) is 35.4 Å². The number of methoxy groups -OCH3 is 3. The van der Waals surface area contributed by atoms with Crippen LogP contribution < -0.4 is 14.2 Å². The summed E-state index contributed by atoms with van der Waals surface area (Å²) >= 11 is 0. The number of carbonyl (C=O) groups excluding carboxylic acids is 1. The van der Waals surface area contributed by atoms with Gasteiger partial charge in [0.1, 0.15) is 42.9 Å². The van der Waals surface area contributed by atoms with Crippen molar-refractivity contribution in [2.75, 3.05) is 47.8 Å². The third kappa shape index (κ3) is 7.51. The predicted molar refractivity (Wildman–Crippen MR) is 147 cm³/mol. The van der Waals surface area contributed by atoms with E-state index in [-0.39, 0.29) is 35.2 Å². The number of phenolic OH excluding ortho intramolecular Hbond substituents is 1. The first-order chi connectivity index (χ1) is 21.0. The van der Waals surface area contributed by atoms with Crippen LogP contribution in [0.5, 0.6) is 23.0 Å². The first-order valence-corrected chi connectivity index (χ1v) is 13.7. The van der Waals surface area contributed by atoms with Gasteiger partial charge in [-0.2, -0.15) is 0 Å². The summed E-state index contributed by atoms with van der Waals surface area (Å²) in [6, 6.07) is 9.19. The molecule has 2 aliphatic heterocycles. The van der Waals surface area contributed by atoms with Crippen molar-refractivity contribution in [1.29, 1.82) is 0 Å². The van der Waals surface area contributed by atoms with Crippen LogP contribution in [0.15, 0.2) is 36.4 Å². The first-order valence-electron chi connectivity index (χ1n) is 13.7. The summed E-state index contributed by atoms with van der Waals surface area (Å²) in [5.41, 5.74) is -1.15. The van der Waals surface area contributed by atoms with E-state index in [1.807, 2.05) is 0 Å². The molecule has 0 aromatic heterocycles. The Balaban J connectivity index is 1.30. The van der Waals surface area contributed by atoms with Crippen LogP contribution in [0.1, 0.15) is 15.9 Å². The van der Waals surface area contributed by atoms with Crippen LogP contribution in [0.4, 0.5) is 0 Å². The topological polar surface area (TPSA) is 212 Å². The van der Waals surface area contributed by atoms with Crippen molar-refractivity contribution < 1.29 is 73.3 Å². The van der Waals surface area contributed by atoms with Gasteiger partial charge in [0.25, 0.3) is 0 Å². The fourth-order valence-corrected chi connectivity index (χ4v) is 4.73. The number of aliphatic hydroxyl groups is 5. The molecule has 0 bridgehead atoms. The van der Waals surface area contributed by atoms with Crippen LogP contribution in [0.3, 0.4) is 0 Å². The van der Waals surface area contributed by atoms with Crippen LogP contribution in [0, 0.1) is 0 Å². The number of hydrogen-bond donors (Lipinski definition) is 6. The highest BCUT2D eigenvalue weighted by molar-refractivity contribution is 5.91. The predicted octanol–water partition coefficient (Wildman–Crippen LogP) is -0.893. The number of aromatic hydroxyl groups is 1. The number of ether oxygens (including phenoxy) is 8. The quantitative estimate of drug-likeness (QED) is 0.149. The van der Waals surface area contributed by atoms with Crippen molar-refractivity contribution in [2.24, 2.45) is 0 Å². The average molecular weight is 627 g/mol. The Bertz CT molecular complexity index is 1210. The lowest BCUT2D eigenvalue weighted by molar-refractivity contribution is -0.309. The molecule has 0 radical (unpaired) electrons. The smallest absolute Gasteiger partial charge is 0.338 e. The molecule has 2 aromatic rings. The van der Waals surface area contributed by atoms with Gasteiger partial charge in [0, 0.05) is 0 Å². The van der Waals surface area contributed by atoms with E-state index < -0.39 is 74.5 Å². The average Bonchev–Trinajstić information content (AvgIpc) is 3.32. The Hall–Kier alpha value is -3.25. The molecule has 2 aromatic carbocycles. The molecular weight excluding hydrogens is 588 g/mol. The van der Waals surface area contributed by atoms with Gasteiger partial charge in [0.2, 0.25) is 5.75 Å². The minimum atomic E-state index is -2.04. The highest BCUT2D eigenvalue weighted by Crippen LogP contribution is 2.38. The maximum Gasteiger partial charge on any atom is 0.338 e. The van der Waals surface area contributed by atoms with Gasteiger partial charge in [-0.3, -0.25) is 0 Å². The maximum absolute atomic E-state index is 12.7. The monoisotopic (exact) mass is 626 g/mol. The number of phenols is 1. The lowest BCUT2D eigenvalue weighted by Crippen LogP contribution is -2.59. The molecule has 2 saturated heterocycles. The summed E-state index contributed by atoms with van der Waals surface area (Å²) in [5, 5.41) is 62.2. The molecule has 8 atom stereocenters. The van der Waals surface area contributed by atoms with Gasteiger partial charge in [-0.25, -0.2) is 4.79 Å². The Labute approximate surface area is 253 Å². The summed E-state index contributed by atoms with van der Waals surface area (Å²) in [6.45, 7) is -1.45.